The van der Waals surface area contributed by atoms with Gasteiger partial charge in [-0.2, -0.15) is 0 Å². The second-order valence-corrected chi connectivity index (χ2v) is 4.80. The van der Waals surface area contributed by atoms with Crippen LogP contribution in [0.15, 0.2) is 0 Å². The molecule has 1 aliphatic carbocycles. The van der Waals surface area contributed by atoms with Crippen LogP contribution in [0.3, 0.4) is 0 Å². The van der Waals surface area contributed by atoms with Gasteiger partial charge in [0, 0.05) is 12.5 Å². The molecule has 1 saturated carbocycles. The van der Waals surface area contributed by atoms with Crippen molar-refractivity contribution in [3.63, 3.8) is 0 Å². The van der Waals surface area contributed by atoms with Gasteiger partial charge in [-0.25, -0.2) is 4.79 Å². The molecule has 1 unspecified atom stereocenters. The van der Waals surface area contributed by atoms with Crippen LogP contribution in [0.1, 0.15) is 39.0 Å². The molecule has 2 aliphatic rings. The first-order valence-corrected chi connectivity index (χ1v) is 5.60. The summed E-state index contributed by atoms with van der Waals surface area (Å²) in [5.74, 6) is -0.697. The number of likely N-dealkylation sites (tertiary alicyclic amines) is 1. The van der Waals surface area contributed by atoms with Gasteiger partial charge >= 0.3 is 5.97 Å². The summed E-state index contributed by atoms with van der Waals surface area (Å²) in [7, 11) is 0. The number of hydrogen-bond acceptors (Lipinski definition) is 2. The van der Waals surface area contributed by atoms with Crippen molar-refractivity contribution in [3.8, 4) is 0 Å². The summed E-state index contributed by atoms with van der Waals surface area (Å²) in [6, 6.07) is 0. The van der Waals surface area contributed by atoms with E-state index in [0.29, 0.717) is 13.0 Å². The molecular formula is C11H17NO3. The summed E-state index contributed by atoms with van der Waals surface area (Å²) in [6.07, 6.45) is 4.29. The zero-order valence-corrected chi connectivity index (χ0v) is 9.03. The first kappa shape index (κ1) is 10.5. The Morgan fingerprint density at radius 2 is 2.00 bits per heavy atom. The smallest absolute Gasteiger partial charge is 0.329 e. The molecule has 4 nitrogen and oxygen atoms in total. The van der Waals surface area contributed by atoms with Gasteiger partial charge in [0.25, 0.3) is 0 Å². The van der Waals surface area contributed by atoms with Crippen molar-refractivity contribution in [1.29, 1.82) is 0 Å². The molecule has 4 heteroatoms. The Bertz CT molecular complexity index is 298. The number of carbonyl (C=O) groups is 2. The highest BCUT2D eigenvalue weighted by atomic mass is 16.4. The molecule has 2 fully saturated rings. The van der Waals surface area contributed by atoms with Gasteiger partial charge in [-0.1, -0.05) is 0 Å². The predicted octanol–water partition coefficient (Wildman–Crippen LogP) is 1.25. The van der Waals surface area contributed by atoms with Crippen molar-refractivity contribution in [2.75, 3.05) is 6.54 Å². The molecule has 0 aromatic carbocycles. The standard InChI is InChI=1S/C11H17NO3/c1-11(10(14)15)6-2-3-7-12(11)9(13)8-4-5-8/h8H,2-7H2,1H3,(H,14,15). The number of piperidine rings is 1. The van der Waals surface area contributed by atoms with Crippen molar-refractivity contribution in [3.05, 3.63) is 0 Å². The maximum absolute atomic E-state index is 11.9. The third-order valence-corrected chi connectivity index (χ3v) is 3.54. The minimum absolute atomic E-state index is 0.0552. The van der Waals surface area contributed by atoms with Gasteiger partial charge in [0.05, 0.1) is 0 Å². The van der Waals surface area contributed by atoms with Crippen LogP contribution in [0.5, 0.6) is 0 Å². The molecule has 0 spiro atoms. The van der Waals surface area contributed by atoms with Crippen LogP contribution < -0.4 is 0 Å². The van der Waals surface area contributed by atoms with Crippen LogP contribution in [0.2, 0.25) is 0 Å². The minimum Gasteiger partial charge on any atom is -0.480 e. The molecular weight excluding hydrogens is 194 g/mol. The van der Waals surface area contributed by atoms with Gasteiger partial charge in [-0.15, -0.1) is 0 Å². The van der Waals surface area contributed by atoms with E-state index in [1.54, 1.807) is 11.8 Å². The molecule has 15 heavy (non-hydrogen) atoms. The molecule has 84 valence electrons. The van der Waals surface area contributed by atoms with Crippen molar-refractivity contribution < 1.29 is 14.7 Å². The maximum atomic E-state index is 11.9. The van der Waals surface area contributed by atoms with E-state index in [1.165, 1.54) is 0 Å². The Labute approximate surface area is 89.3 Å². The van der Waals surface area contributed by atoms with E-state index >= 15 is 0 Å². The van der Waals surface area contributed by atoms with Crippen LogP contribution in [-0.4, -0.2) is 34.0 Å². The second-order valence-electron chi connectivity index (χ2n) is 4.80. The number of amides is 1. The maximum Gasteiger partial charge on any atom is 0.329 e. The van der Waals surface area contributed by atoms with Crippen molar-refractivity contribution in [2.24, 2.45) is 5.92 Å². The van der Waals surface area contributed by atoms with Gasteiger partial charge in [-0.05, 0) is 39.0 Å². The zero-order chi connectivity index (χ0) is 11.1. The van der Waals surface area contributed by atoms with E-state index in [-0.39, 0.29) is 11.8 Å². The van der Waals surface area contributed by atoms with E-state index < -0.39 is 11.5 Å². The van der Waals surface area contributed by atoms with Crippen LogP contribution >= 0.6 is 0 Å². The number of carboxylic acids is 1. The average molecular weight is 211 g/mol. The number of rotatable bonds is 2. The van der Waals surface area contributed by atoms with Gasteiger partial charge in [0.1, 0.15) is 5.54 Å². The molecule has 0 bridgehead atoms. The van der Waals surface area contributed by atoms with E-state index in [1.807, 2.05) is 0 Å². The number of aliphatic carboxylic acids is 1. The highest BCUT2D eigenvalue weighted by Gasteiger charge is 2.47. The van der Waals surface area contributed by atoms with Crippen LogP contribution in [0.25, 0.3) is 0 Å². The molecule has 1 amide bonds. The lowest BCUT2D eigenvalue weighted by Crippen LogP contribution is -2.57. The monoisotopic (exact) mass is 211 g/mol. The number of hydrogen-bond donors (Lipinski definition) is 1. The van der Waals surface area contributed by atoms with Crippen molar-refractivity contribution in [2.45, 2.75) is 44.6 Å². The van der Waals surface area contributed by atoms with E-state index in [0.717, 1.165) is 25.7 Å². The third kappa shape index (κ3) is 1.73. The molecule has 1 heterocycles. The van der Waals surface area contributed by atoms with E-state index in [2.05, 4.69) is 0 Å². The molecule has 0 aromatic heterocycles. The van der Waals surface area contributed by atoms with Gasteiger partial charge in [0.15, 0.2) is 0 Å². The molecule has 1 N–H and O–H groups in total. The molecule has 1 saturated heterocycles. The first-order valence-electron chi connectivity index (χ1n) is 5.60. The predicted molar refractivity (Wildman–Crippen MR) is 54.3 cm³/mol. The Balaban J connectivity index is 2.18. The first-order chi connectivity index (χ1) is 7.05. The Morgan fingerprint density at radius 3 is 2.53 bits per heavy atom. The summed E-state index contributed by atoms with van der Waals surface area (Å²) in [4.78, 5) is 24.8. The summed E-state index contributed by atoms with van der Waals surface area (Å²) >= 11 is 0. The highest BCUT2D eigenvalue weighted by Crippen LogP contribution is 2.36. The number of nitrogens with zero attached hydrogens (tertiary/aromatic N) is 1. The van der Waals surface area contributed by atoms with Crippen LogP contribution in [0.4, 0.5) is 0 Å². The lowest BCUT2D eigenvalue weighted by atomic mass is 9.88. The zero-order valence-electron chi connectivity index (χ0n) is 9.03. The van der Waals surface area contributed by atoms with Crippen molar-refractivity contribution >= 4 is 11.9 Å². The fourth-order valence-electron chi connectivity index (χ4n) is 2.25. The van der Waals surface area contributed by atoms with Gasteiger partial charge in [0.2, 0.25) is 5.91 Å². The lowest BCUT2D eigenvalue weighted by molar-refractivity contribution is -0.161. The van der Waals surface area contributed by atoms with Crippen molar-refractivity contribution in [1.82, 2.24) is 4.90 Å². The molecule has 0 radical (unpaired) electrons. The second kappa shape index (κ2) is 3.51. The van der Waals surface area contributed by atoms with E-state index in [9.17, 15) is 14.7 Å². The summed E-state index contributed by atoms with van der Waals surface area (Å²) in [6.45, 7) is 2.28. The molecule has 1 atom stereocenters. The summed E-state index contributed by atoms with van der Waals surface area (Å²) in [5, 5.41) is 9.23. The fourth-order valence-corrected chi connectivity index (χ4v) is 2.25. The number of carboxylic acid groups (broad SMARTS) is 1. The van der Waals surface area contributed by atoms with Gasteiger partial charge in [-0.3, -0.25) is 4.79 Å². The third-order valence-electron chi connectivity index (χ3n) is 3.54. The Hall–Kier alpha value is -1.06. The molecule has 1 aliphatic heterocycles. The molecule has 0 aromatic rings. The number of carbonyl (C=O) groups excluding carboxylic acids is 1. The van der Waals surface area contributed by atoms with Crippen LogP contribution in [0, 0.1) is 5.92 Å². The average Bonchev–Trinajstić information content (AvgIpc) is 3.00. The highest BCUT2D eigenvalue weighted by molar-refractivity contribution is 5.89. The lowest BCUT2D eigenvalue weighted by Gasteiger charge is -2.41. The normalized spacial score (nSPS) is 31.4. The van der Waals surface area contributed by atoms with Crippen LogP contribution in [-0.2, 0) is 9.59 Å². The van der Waals surface area contributed by atoms with E-state index in [4.69, 9.17) is 0 Å². The minimum atomic E-state index is -0.960. The SMILES string of the molecule is CC1(C(=O)O)CCCCN1C(=O)C1CC1. The Kier molecular flexibility index (Phi) is 2.44. The summed E-state index contributed by atoms with van der Waals surface area (Å²) < 4.78 is 0. The largest absolute Gasteiger partial charge is 0.480 e. The Morgan fingerprint density at radius 1 is 1.33 bits per heavy atom. The topological polar surface area (TPSA) is 57.6 Å². The van der Waals surface area contributed by atoms with Gasteiger partial charge < -0.3 is 10.0 Å². The quantitative estimate of drug-likeness (QED) is 0.748. The summed E-state index contributed by atoms with van der Waals surface area (Å²) in [5.41, 5.74) is -0.960. The fraction of sp³-hybridized carbons (Fsp3) is 0.818. The molecule has 2 rings (SSSR count).